The molecule has 0 aliphatic carbocycles. The van der Waals surface area contributed by atoms with E-state index >= 15 is 0 Å². The van der Waals surface area contributed by atoms with E-state index in [4.69, 9.17) is 4.74 Å². The number of rotatable bonds is 3. The summed E-state index contributed by atoms with van der Waals surface area (Å²) in [6, 6.07) is 11.5. The van der Waals surface area contributed by atoms with Crippen LogP contribution in [0.1, 0.15) is 22.8 Å². The summed E-state index contributed by atoms with van der Waals surface area (Å²) in [6.07, 6.45) is 1.76. The van der Waals surface area contributed by atoms with Crippen molar-refractivity contribution < 1.29 is 9.53 Å². The van der Waals surface area contributed by atoms with Gasteiger partial charge in [0, 0.05) is 11.8 Å². The molecule has 92 valence electrons. The third-order valence-electron chi connectivity index (χ3n) is 2.57. The van der Waals surface area contributed by atoms with Crippen molar-refractivity contribution in [2.45, 2.75) is 13.8 Å². The minimum absolute atomic E-state index is 0.326. The van der Waals surface area contributed by atoms with E-state index in [-0.39, 0.29) is 5.97 Å². The third-order valence-corrected chi connectivity index (χ3v) is 2.57. The zero-order chi connectivity index (χ0) is 13.0. The number of hydrogen-bond acceptors (Lipinski definition) is 3. The van der Waals surface area contributed by atoms with Crippen molar-refractivity contribution in [1.29, 1.82) is 0 Å². The predicted molar refractivity (Wildman–Crippen MR) is 70.4 cm³/mol. The van der Waals surface area contributed by atoms with E-state index in [0.29, 0.717) is 17.9 Å². The van der Waals surface area contributed by atoms with E-state index < -0.39 is 0 Å². The number of carbonyl (C=O) groups excluding carboxylic acids is 1. The highest BCUT2D eigenvalue weighted by atomic mass is 16.5. The van der Waals surface area contributed by atoms with Crippen LogP contribution in [0.5, 0.6) is 0 Å². The average Bonchev–Trinajstić information content (AvgIpc) is 2.40. The molecule has 0 spiro atoms. The van der Waals surface area contributed by atoms with E-state index in [0.717, 1.165) is 11.1 Å². The quantitative estimate of drug-likeness (QED) is 0.774. The molecule has 0 atom stereocenters. The number of esters is 1. The van der Waals surface area contributed by atoms with E-state index in [1.807, 2.05) is 43.3 Å². The Morgan fingerprint density at radius 2 is 2.00 bits per heavy atom. The molecule has 0 fully saturated rings. The molecule has 0 aliphatic rings. The maximum Gasteiger partial charge on any atom is 0.340 e. The molecular weight excluding hydrogens is 226 g/mol. The first-order chi connectivity index (χ1) is 8.72. The Bertz CT molecular complexity index is 550. The summed E-state index contributed by atoms with van der Waals surface area (Å²) in [7, 11) is 0. The molecule has 0 amide bonds. The van der Waals surface area contributed by atoms with E-state index in [1.54, 1.807) is 13.1 Å². The molecule has 1 aromatic heterocycles. The fourth-order valence-electron chi connectivity index (χ4n) is 1.76. The van der Waals surface area contributed by atoms with Gasteiger partial charge in [0.2, 0.25) is 0 Å². The zero-order valence-corrected chi connectivity index (χ0v) is 10.5. The van der Waals surface area contributed by atoms with Gasteiger partial charge in [0.25, 0.3) is 0 Å². The van der Waals surface area contributed by atoms with Crippen LogP contribution in [0.25, 0.3) is 11.3 Å². The maximum atomic E-state index is 11.9. The Hall–Kier alpha value is -2.16. The van der Waals surface area contributed by atoms with Crippen LogP contribution in [0.3, 0.4) is 0 Å². The second-order valence-corrected chi connectivity index (χ2v) is 4.00. The van der Waals surface area contributed by atoms with Crippen LogP contribution in [0.2, 0.25) is 0 Å². The number of nitrogens with zero attached hydrogens (tertiary/aromatic N) is 1. The Morgan fingerprint density at radius 3 is 2.67 bits per heavy atom. The van der Waals surface area contributed by atoms with Crippen LogP contribution in [-0.2, 0) is 4.74 Å². The van der Waals surface area contributed by atoms with Crippen LogP contribution in [0.4, 0.5) is 0 Å². The van der Waals surface area contributed by atoms with Crippen LogP contribution in [0, 0.1) is 6.92 Å². The molecule has 18 heavy (non-hydrogen) atoms. The summed E-state index contributed by atoms with van der Waals surface area (Å²) in [5.74, 6) is -0.326. The van der Waals surface area contributed by atoms with Gasteiger partial charge in [0.1, 0.15) is 0 Å². The average molecular weight is 241 g/mol. The predicted octanol–water partition coefficient (Wildman–Crippen LogP) is 3.23. The minimum atomic E-state index is -0.326. The van der Waals surface area contributed by atoms with Crippen LogP contribution < -0.4 is 0 Å². The summed E-state index contributed by atoms with van der Waals surface area (Å²) in [5.41, 5.74) is 3.04. The number of hydrogen-bond donors (Lipinski definition) is 0. The van der Waals surface area contributed by atoms with Gasteiger partial charge in [0.15, 0.2) is 0 Å². The monoisotopic (exact) mass is 241 g/mol. The van der Waals surface area contributed by atoms with Gasteiger partial charge in [-0.25, -0.2) is 4.79 Å². The normalized spacial score (nSPS) is 10.1. The van der Waals surface area contributed by atoms with Gasteiger partial charge in [0.05, 0.1) is 17.9 Å². The van der Waals surface area contributed by atoms with E-state index in [9.17, 15) is 4.79 Å². The molecule has 3 heteroatoms. The first-order valence-corrected chi connectivity index (χ1v) is 5.91. The van der Waals surface area contributed by atoms with Crippen molar-refractivity contribution in [3.05, 3.63) is 53.7 Å². The number of aromatic nitrogens is 1. The lowest BCUT2D eigenvalue weighted by Crippen LogP contribution is -2.08. The highest BCUT2D eigenvalue weighted by molar-refractivity contribution is 5.96. The SMILES string of the molecule is CCOC(=O)c1cc(C)cnc1-c1ccccc1. The van der Waals surface area contributed by atoms with Gasteiger partial charge in [-0.3, -0.25) is 4.98 Å². The van der Waals surface area contributed by atoms with Crippen molar-refractivity contribution in [3.63, 3.8) is 0 Å². The highest BCUT2D eigenvalue weighted by Crippen LogP contribution is 2.22. The van der Waals surface area contributed by atoms with Gasteiger partial charge >= 0.3 is 5.97 Å². The standard InChI is InChI=1S/C15H15NO2/c1-3-18-15(17)13-9-11(2)10-16-14(13)12-7-5-4-6-8-12/h4-10H,3H2,1-2H3. The smallest absolute Gasteiger partial charge is 0.340 e. The van der Waals surface area contributed by atoms with Crippen LogP contribution in [-0.4, -0.2) is 17.6 Å². The number of ether oxygens (including phenoxy) is 1. The van der Waals surface area contributed by atoms with Crippen molar-refractivity contribution in [1.82, 2.24) is 4.98 Å². The van der Waals surface area contributed by atoms with Crippen molar-refractivity contribution >= 4 is 5.97 Å². The summed E-state index contributed by atoms with van der Waals surface area (Å²) >= 11 is 0. The van der Waals surface area contributed by atoms with Crippen LogP contribution in [0.15, 0.2) is 42.6 Å². The fraction of sp³-hybridized carbons (Fsp3) is 0.200. The molecule has 0 radical (unpaired) electrons. The van der Waals surface area contributed by atoms with Gasteiger partial charge < -0.3 is 4.74 Å². The molecular formula is C15H15NO2. The Balaban J connectivity index is 2.51. The lowest BCUT2D eigenvalue weighted by molar-refractivity contribution is 0.0527. The molecule has 1 heterocycles. The molecule has 0 aliphatic heterocycles. The first kappa shape index (κ1) is 12.3. The number of benzene rings is 1. The topological polar surface area (TPSA) is 39.2 Å². The largest absolute Gasteiger partial charge is 0.462 e. The number of carbonyl (C=O) groups is 1. The summed E-state index contributed by atoms with van der Waals surface area (Å²) < 4.78 is 5.07. The summed E-state index contributed by atoms with van der Waals surface area (Å²) in [6.45, 7) is 4.06. The summed E-state index contributed by atoms with van der Waals surface area (Å²) in [5, 5.41) is 0. The van der Waals surface area contributed by atoms with Crippen molar-refractivity contribution in [2.75, 3.05) is 6.61 Å². The molecule has 0 N–H and O–H groups in total. The van der Waals surface area contributed by atoms with Gasteiger partial charge in [-0.15, -0.1) is 0 Å². The van der Waals surface area contributed by atoms with Gasteiger partial charge in [-0.05, 0) is 25.5 Å². The summed E-state index contributed by atoms with van der Waals surface area (Å²) in [4.78, 5) is 16.3. The van der Waals surface area contributed by atoms with E-state index in [1.165, 1.54) is 0 Å². The van der Waals surface area contributed by atoms with Gasteiger partial charge in [-0.2, -0.15) is 0 Å². The van der Waals surface area contributed by atoms with Crippen molar-refractivity contribution in [3.8, 4) is 11.3 Å². The molecule has 0 bridgehead atoms. The van der Waals surface area contributed by atoms with Crippen LogP contribution >= 0.6 is 0 Å². The highest BCUT2D eigenvalue weighted by Gasteiger charge is 2.15. The number of aryl methyl sites for hydroxylation is 1. The fourth-order valence-corrected chi connectivity index (χ4v) is 1.76. The molecule has 2 aromatic rings. The third kappa shape index (κ3) is 2.56. The van der Waals surface area contributed by atoms with E-state index in [2.05, 4.69) is 4.98 Å². The first-order valence-electron chi connectivity index (χ1n) is 5.91. The zero-order valence-electron chi connectivity index (χ0n) is 10.5. The second-order valence-electron chi connectivity index (χ2n) is 4.00. The minimum Gasteiger partial charge on any atom is -0.462 e. The molecule has 2 rings (SSSR count). The Labute approximate surface area is 106 Å². The Kier molecular flexibility index (Phi) is 3.72. The van der Waals surface area contributed by atoms with Crippen molar-refractivity contribution in [2.24, 2.45) is 0 Å². The Morgan fingerprint density at radius 1 is 1.28 bits per heavy atom. The number of pyridine rings is 1. The molecule has 3 nitrogen and oxygen atoms in total. The maximum absolute atomic E-state index is 11.9. The lowest BCUT2D eigenvalue weighted by atomic mass is 10.0. The molecule has 0 saturated carbocycles. The molecule has 0 unspecified atom stereocenters. The van der Waals surface area contributed by atoms with Gasteiger partial charge in [-0.1, -0.05) is 30.3 Å². The molecule has 0 saturated heterocycles. The second kappa shape index (κ2) is 5.45. The molecule has 1 aromatic carbocycles. The lowest BCUT2D eigenvalue weighted by Gasteiger charge is -2.09.